The molecule has 0 saturated heterocycles. The molecule has 4 nitrogen and oxygen atoms in total. The van der Waals surface area contributed by atoms with Gasteiger partial charge in [-0.3, -0.25) is 4.79 Å². The fourth-order valence-electron chi connectivity index (χ4n) is 2.28. The van der Waals surface area contributed by atoms with Crippen LogP contribution in [0.4, 0.5) is 19.0 Å². The van der Waals surface area contributed by atoms with Gasteiger partial charge in [-0.05, 0) is 64.8 Å². The van der Waals surface area contributed by atoms with Crippen LogP contribution in [-0.2, 0) is 6.18 Å². The summed E-state index contributed by atoms with van der Waals surface area (Å²) in [6, 6.07) is 7.29. The highest BCUT2D eigenvalue weighted by Gasteiger charge is 2.31. The predicted octanol–water partition coefficient (Wildman–Crippen LogP) is 6.34. The van der Waals surface area contributed by atoms with E-state index in [0.717, 1.165) is 28.2 Å². The molecule has 1 N–H and O–H groups in total. The highest BCUT2D eigenvalue weighted by atomic mass is 79.9. The summed E-state index contributed by atoms with van der Waals surface area (Å²) in [5.41, 5.74) is 0.0539. The van der Waals surface area contributed by atoms with Gasteiger partial charge >= 0.3 is 6.18 Å². The molecule has 0 spiro atoms. The number of anilines is 1. The smallest absolute Gasteiger partial charge is 0.416 e. The van der Waals surface area contributed by atoms with Crippen molar-refractivity contribution in [3.05, 3.63) is 69.0 Å². The molecule has 2 heterocycles. The zero-order chi connectivity index (χ0) is 19.8. The van der Waals surface area contributed by atoms with Crippen molar-refractivity contribution >= 4 is 39.3 Å². The number of furan rings is 1. The van der Waals surface area contributed by atoms with Gasteiger partial charge in [0.05, 0.1) is 10.6 Å². The van der Waals surface area contributed by atoms with E-state index >= 15 is 0 Å². The summed E-state index contributed by atoms with van der Waals surface area (Å²) >= 11 is 9.30. The van der Waals surface area contributed by atoms with E-state index in [9.17, 15) is 18.0 Å². The minimum Gasteiger partial charge on any atom is -0.451 e. The van der Waals surface area contributed by atoms with Gasteiger partial charge in [0, 0.05) is 16.2 Å². The van der Waals surface area contributed by atoms with E-state index < -0.39 is 17.6 Å². The van der Waals surface area contributed by atoms with Crippen LogP contribution in [0.2, 0.25) is 5.02 Å². The molecule has 0 saturated carbocycles. The number of hydrogen-bond acceptors (Lipinski definition) is 3. The topological polar surface area (TPSA) is 55.1 Å². The molecule has 0 atom stereocenters. The molecule has 3 aromatic rings. The highest BCUT2D eigenvalue weighted by Crippen LogP contribution is 2.36. The van der Waals surface area contributed by atoms with Crippen LogP contribution in [0.25, 0.3) is 11.3 Å². The number of nitrogens with zero attached hydrogens (tertiary/aromatic N) is 1. The number of benzene rings is 1. The molecule has 140 valence electrons. The Morgan fingerprint density at radius 1 is 1.22 bits per heavy atom. The SMILES string of the molecule is Cc1cc(NC(=O)c2ccc(-c3cc(C(F)(F)F)ccc3Cl)o2)ncc1Br. The third kappa shape index (κ3) is 4.33. The van der Waals surface area contributed by atoms with Crippen LogP contribution in [0.15, 0.2) is 51.5 Å². The molecule has 9 heteroatoms. The van der Waals surface area contributed by atoms with Crippen LogP contribution in [0.1, 0.15) is 21.7 Å². The summed E-state index contributed by atoms with van der Waals surface area (Å²) in [5.74, 6) is -0.300. The summed E-state index contributed by atoms with van der Waals surface area (Å²) in [4.78, 5) is 16.4. The summed E-state index contributed by atoms with van der Waals surface area (Å²) in [6.07, 6.45) is -2.97. The Balaban J connectivity index is 1.86. The number of carbonyl (C=O) groups is 1. The maximum Gasteiger partial charge on any atom is 0.416 e. The second kappa shape index (κ2) is 7.36. The molecule has 0 aliphatic rings. The highest BCUT2D eigenvalue weighted by molar-refractivity contribution is 9.10. The lowest BCUT2D eigenvalue weighted by Gasteiger charge is -2.09. The van der Waals surface area contributed by atoms with Crippen molar-refractivity contribution in [2.24, 2.45) is 0 Å². The zero-order valence-corrected chi connectivity index (χ0v) is 16.0. The number of pyridine rings is 1. The number of amides is 1. The Kier molecular flexibility index (Phi) is 5.30. The van der Waals surface area contributed by atoms with Gasteiger partial charge in [0.25, 0.3) is 5.91 Å². The first-order chi connectivity index (χ1) is 12.6. The largest absolute Gasteiger partial charge is 0.451 e. The predicted molar refractivity (Wildman–Crippen MR) is 98.8 cm³/mol. The molecule has 27 heavy (non-hydrogen) atoms. The third-order valence-electron chi connectivity index (χ3n) is 3.68. The fraction of sp³-hybridized carbons (Fsp3) is 0.111. The van der Waals surface area contributed by atoms with E-state index in [-0.39, 0.29) is 22.1 Å². The van der Waals surface area contributed by atoms with Gasteiger partial charge in [-0.2, -0.15) is 13.2 Å². The average molecular weight is 460 g/mol. The molecule has 0 aliphatic carbocycles. The molecule has 1 aromatic carbocycles. The molecule has 0 radical (unpaired) electrons. The normalized spacial score (nSPS) is 11.5. The molecule has 0 aliphatic heterocycles. The standard InChI is InChI=1S/C18H11BrClF3N2O2/c1-9-6-16(24-8-12(9)19)25-17(26)15-5-4-14(27-15)11-7-10(18(21,22)23)2-3-13(11)20/h2-8H,1H3,(H,24,25,26). The van der Waals surface area contributed by atoms with Gasteiger partial charge in [-0.1, -0.05) is 11.6 Å². The molecule has 0 bridgehead atoms. The Hall–Kier alpha value is -2.32. The number of aromatic nitrogens is 1. The van der Waals surface area contributed by atoms with Crippen molar-refractivity contribution in [3.8, 4) is 11.3 Å². The first-order valence-electron chi connectivity index (χ1n) is 7.55. The lowest BCUT2D eigenvalue weighted by Crippen LogP contribution is -2.12. The molecule has 2 aromatic heterocycles. The maximum absolute atomic E-state index is 12.9. The number of alkyl halides is 3. The van der Waals surface area contributed by atoms with E-state index in [2.05, 4.69) is 26.2 Å². The van der Waals surface area contributed by atoms with Crippen LogP contribution >= 0.6 is 27.5 Å². The number of carbonyl (C=O) groups excluding carboxylic acids is 1. The van der Waals surface area contributed by atoms with E-state index in [4.69, 9.17) is 16.0 Å². The molecule has 0 unspecified atom stereocenters. The number of halogens is 5. The second-order valence-corrected chi connectivity index (χ2v) is 6.89. The molecule has 3 rings (SSSR count). The van der Waals surface area contributed by atoms with Crippen molar-refractivity contribution in [2.45, 2.75) is 13.1 Å². The Morgan fingerprint density at radius 3 is 2.63 bits per heavy atom. The fourth-order valence-corrected chi connectivity index (χ4v) is 2.71. The minimum atomic E-state index is -4.52. The molecule has 1 amide bonds. The first-order valence-corrected chi connectivity index (χ1v) is 8.72. The number of rotatable bonds is 3. The zero-order valence-electron chi connectivity index (χ0n) is 13.7. The average Bonchev–Trinajstić information content (AvgIpc) is 3.07. The monoisotopic (exact) mass is 458 g/mol. The molecular formula is C18H11BrClF3N2O2. The van der Waals surface area contributed by atoms with Crippen LogP contribution in [0.5, 0.6) is 0 Å². The number of nitrogens with one attached hydrogen (secondary N) is 1. The van der Waals surface area contributed by atoms with Crippen molar-refractivity contribution in [2.75, 3.05) is 5.32 Å². The van der Waals surface area contributed by atoms with Crippen LogP contribution in [0.3, 0.4) is 0 Å². The Morgan fingerprint density at radius 2 is 1.96 bits per heavy atom. The Labute approximate surface area is 165 Å². The summed E-state index contributed by atoms with van der Waals surface area (Å²) in [7, 11) is 0. The van der Waals surface area contributed by atoms with Gasteiger partial charge in [-0.15, -0.1) is 0 Å². The van der Waals surface area contributed by atoms with Crippen LogP contribution in [-0.4, -0.2) is 10.9 Å². The maximum atomic E-state index is 12.9. The summed E-state index contributed by atoms with van der Waals surface area (Å²) in [5, 5.41) is 2.64. The molecule has 0 fully saturated rings. The summed E-state index contributed by atoms with van der Waals surface area (Å²) < 4.78 is 44.9. The quantitative estimate of drug-likeness (QED) is 0.497. The van der Waals surface area contributed by atoms with Crippen LogP contribution in [0, 0.1) is 6.92 Å². The van der Waals surface area contributed by atoms with Gasteiger partial charge in [0.1, 0.15) is 11.6 Å². The van der Waals surface area contributed by atoms with Crippen molar-refractivity contribution in [1.82, 2.24) is 4.98 Å². The van der Waals surface area contributed by atoms with Gasteiger partial charge in [0.2, 0.25) is 0 Å². The first kappa shape index (κ1) is 19.4. The number of aryl methyl sites for hydroxylation is 1. The lowest BCUT2D eigenvalue weighted by atomic mass is 10.1. The Bertz CT molecular complexity index is 1020. The van der Waals surface area contributed by atoms with Crippen molar-refractivity contribution in [1.29, 1.82) is 0 Å². The van der Waals surface area contributed by atoms with Gasteiger partial charge < -0.3 is 9.73 Å². The second-order valence-electron chi connectivity index (χ2n) is 5.63. The molecular weight excluding hydrogens is 449 g/mol. The van der Waals surface area contributed by atoms with Crippen LogP contribution < -0.4 is 5.32 Å². The minimum absolute atomic E-state index is 0.0446. The van der Waals surface area contributed by atoms with E-state index in [1.807, 2.05) is 6.92 Å². The third-order valence-corrected chi connectivity index (χ3v) is 4.84. The van der Waals surface area contributed by atoms with E-state index in [0.29, 0.717) is 5.82 Å². The van der Waals surface area contributed by atoms with E-state index in [1.54, 1.807) is 12.3 Å². The summed E-state index contributed by atoms with van der Waals surface area (Å²) in [6.45, 7) is 1.84. The number of hydrogen-bond donors (Lipinski definition) is 1. The van der Waals surface area contributed by atoms with Gasteiger partial charge in [-0.25, -0.2) is 4.98 Å². The van der Waals surface area contributed by atoms with Crippen molar-refractivity contribution in [3.63, 3.8) is 0 Å². The van der Waals surface area contributed by atoms with Crippen molar-refractivity contribution < 1.29 is 22.4 Å². The van der Waals surface area contributed by atoms with Gasteiger partial charge in [0.15, 0.2) is 5.76 Å². The lowest BCUT2D eigenvalue weighted by molar-refractivity contribution is -0.137. The van der Waals surface area contributed by atoms with E-state index in [1.165, 1.54) is 12.1 Å².